The van der Waals surface area contributed by atoms with Gasteiger partial charge in [-0.3, -0.25) is 4.84 Å². The normalized spacial score (nSPS) is 14.6. The number of nitrogens with zero attached hydrogens (tertiary/aromatic N) is 1. The number of rotatable bonds is 4. The van der Waals surface area contributed by atoms with E-state index in [-0.39, 0.29) is 0 Å². The molecule has 0 unspecified atom stereocenters. The van der Waals surface area contributed by atoms with Crippen LogP contribution in [0.25, 0.3) is 0 Å². The first-order valence-corrected chi connectivity index (χ1v) is 5.05. The second-order valence-electron chi connectivity index (χ2n) is 3.26. The number of hydroxylamine groups is 1. The molecule has 0 atom stereocenters. The van der Waals surface area contributed by atoms with Crippen molar-refractivity contribution in [3.63, 3.8) is 0 Å². The average Bonchev–Trinajstić information content (AvgIpc) is 2.80. The molecule has 0 fully saturated rings. The summed E-state index contributed by atoms with van der Waals surface area (Å²) in [5.74, 6) is 1.66. The molecule has 0 radical (unpaired) electrons. The van der Waals surface area contributed by atoms with Crippen molar-refractivity contribution in [3.8, 4) is 5.75 Å². The Hall–Kier alpha value is -1.55. The molecule has 2 rings (SSSR count). The smallest absolute Gasteiger partial charge is 0.167 e. The second-order valence-corrected chi connectivity index (χ2v) is 3.26. The first kappa shape index (κ1) is 9.98. The SMILES string of the molecule is CCCOc1ccc(C2=NCON2)cc1. The largest absolute Gasteiger partial charge is 0.494 e. The summed E-state index contributed by atoms with van der Waals surface area (Å²) in [5.41, 5.74) is 3.76. The molecule has 0 amide bonds. The zero-order valence-electron chi connectivity index (χ0n) is 8.69. The van der Waals surface area contributed by atoms with Gasteiger partial charge in [0.15, 0.2) is 12.6 Å². The molecular weight excluding hydrogens is 192 g/mol. The number of hydrogen-bond donors (Lipinski definition) is 1. The van der Waals surface area contributed by atoms with Gasteiger partial charge in [-0.05, 0) is 30.7 Å². The third-order valence-electron chi connectivity index (χ3n) is 2.06. The molecule has 4 nitrogen and oxygen atoms in total. The fourth-order valence-corrected chi connectivity index (χ4v) is 1.31. The predicted molar refractivity (Wildman–Crippen MR) is 57.9 cm³/mol. The highest BCUT2D eigenvalue weighted by molar-refractivity contribution is 5.98. The Bertz CT molecular complexity index is 346. The first-order valence-electron chi connectivity index (χ1n) is 5.05. The maximum absolute atomic E-state index is 5.48. The molecule has 0 spiro atoms. The molecule has 0 aliphatic carbocycles. The molecule has 0 aromatic heterocycles. The minimum Gasteiger partial charge on any atom is -0.494 e. The first-order chi connectivity index (χ1) is 7.40. The van der Waals surface area contributed by atoms with Crippen molar-refractivity contribution >= 4 is 5.84 Å². The molecule has 1 aromatic carbocycles. The summed E-state index contributed by atoms with van der Waals surface area (Å²) in [4.78, 5) is 9.06. The number of benzene rings is 1. The van der Waals surface area contributed by atoms with Crippen LogP contribution in [0.5, 0.6) is 5.75 Å². The molecule has 1 heterocycles. The predicted octanol–water partition coefficient (Wildman–Crippen LogP) is 1.71. The summed E-state index contributed by atoms with van der Waals surface area (Å²) < 4.78 is 5.48. The van der Waals surface area contributed by atoms with Crippen LogP contribution in [0.2, 0.25) is 0 Å². The average molecular weight is 206 g/mol. The fourth-order valence-electron chi connectivity index (χ4n) is 1.31. The van der Waals surface area contributed by atoms with Crippen molar-refractivity contribution in [2.75, 3.05) is 13.3 Å². The van der Waals surface area contributed by atoms with E-state index in [0.29, 0.717) is 6.73 Å². The lowest BCUT2D eigenvalue weighted by molar-refractivity contribution is 0.115. The Morgan fingerprint density at radius 3 is 2.80 bits per heavy atom. The lowest BCUT2D eigenvalue weighted by atomic mass is 10.2. The number of ether oxygens (including phenoxy) is 1. The van der Waals surface area contributed by atoms with Crippen LogP contribution in [0.15, 0.2) is 29.3 Å². The van der Waals surface area contributed by atoms with Gasteiger partial charge in [-0.15, -0.1) is 0 Å². The van der Waals surface area contributed by atoms with Gasteiger partial charge in [-0.25, -0.2) is 10.5 Å². The van der Waals surface area contributed by atoms with Gasteiger partial charge in [0.2, 0.25) is 0 Å². The Morgan fingerprint density at radius 2 is 2.20 bits per heavy atom. The van der Waals surface area contributed by atoms with Crippen LogP contribution in [0.1, 0.15) is 18.9 Å². The maximum Gasteiger partial charge on any atom is 0.167 e. The molecule has 0 saturated carbocycles. The molecule has 1 N–H and O–H groups in total. The molecule has 15 heavy (non-hydrogen) atoms. The summed E-state index contributed by atoms with van der Waals surface area (Å²) in [7, 11) is 0. The standard InChI is InChI=1S/C11H14N2O2/c1-2-7-14-10-5-3-9(4-6-10)11-12-8-15-13-11/h3-6H,2,7-8H2,1H3,(H,12,13). The minimum absolute atomic E-state index is 0.378. The van der Waals surface area contributed by atoms with Gasteiger partial charge in [0, 0.05) is 5.56 Å². The highest BCUT2D eigenvalue weighted by Gasteiger charge is 2.07. The number of nitrogens with one attached hydrogen (secondary N) is 1. The number of amidine groups is 1. The van der Waals surface area contributed by atoms with Crippen molar-refractivity contribution in [3.05, 3.63) is 29.8 Å². The van der Waals surface area contributed by atoms with Crippen LogP contribution in [0.3, 0.4) is 0 Å². The van der Waals surface area contributed by atoms with Crippen LogP contribution in [0.4, 0.5) is 0 Å². The van der Waals surface area contributed by atoms with E-state index in [1.54, 1.807) is 0 Å². The Kier molecular flexibility index (Phi) is 3.19. The van der Waals surface area contributed by atoms with Gasteiger partial charge < -0.3 is 4.74 Å². The van der Waals surface area contributed by atoms with Crippen molar-refractivity contribution in [2.45, 2.75) is 13.3 Å². The molecule has 1 aliphatic rings. The zero-order valence-corrected chi connectivity index (χ0v) is 8.69. The third-order valence-corrected chi connectivity index (χ3v) is 2.06. The van der Waals surface area contributed by atoms with E-state index < -0.39 is 0 Å². The Balaban J connectivity index is 2.03. The fraction of sp³-hybridized carbons (Fsp3) is 0.364. The summed E-state index contributed by atoms with van der Waals surface area (Å²) in [5, 5.41) is 0. The van der Waals surface area contributed by atoms with E-state index in [0.717, 1.165) is 30.2 Å². The topological polar surface area (TPSA) is 42.9 Å². The lowest BCUT2D eigenvalue weighted by Gasteiger charge is -2.05. The van der Waals surface area contributed by atoms with E-state index in [2.05, 4.69) is 17.4 Å². The lowest BCUT2D eigenvalue weighted by Crippen LogP contribution is -2.17. The molecule has 1 aromatic rings. The second kappa shape index (κ2) is 4.79. The summed E-state index contributed by atoms with van der Waals surface area (Å²) in [6.45, 7) is 3.22. The van der Waals surface area contributed by atoms with E-state index in [9.17, 15) is 0 Å². The van der Waals surface area contributed by atoms with E-state index in [1.165, 1.54) is 0 Å². The van der Waals surface area contributed by atoms with Gasteiger partial charge in [-0.1, -0.05) is 6.92 Å². The molecule has 4 heteroatoms. The monoisotopic (exact) mass is 206 g/mol. The van der Waals surface area contributed by atoms with Crippen molar-refractivity contribution in [1.82, 2.24) is 5.48 Å². The summed E-state index contributed by atoms with van der Waals surface area (Å²) >= 11 is 0. The van der Waals surface area contributed by atoms with Gasteiger partial charge in [0.25, 0.3) is 0 Å². The van der Waals surface area contributed by atoms with Gasteiger partial charge in [-0.2, -0.15) is 0 Å². The van der Waals surface area contributed by atoms with E-state index in [1.807, 2.05) is 24.3 Å². The number of aliphatic imine (C=N–C) groups is 1. The zero-order chi connectivity index (χ0) is 10.5. The van der Waals surface area contributed by atoms with Crippen LogP contribution in [-0.4, -0.2) is 19.2 Å². The van der Waals surface area contributed by atoms with E-state index in [4.69, 9.17) is 9.57 Å². The molecule has 1 aliphatic heterocycles. The van der Waals surface area contributed by atoms with Gasteiger partial charge in [0.05, 0.1) is 6.61 Å². The molecule has 0 bridgehead atoms. The summed E-state index contributed by atoms with van der Waals surface area (Å²) in [6.07, 6.45) is 1.02. The van der Waals surface area contributed by atoms with Crippen LogP contribution >= 0.6 is 0 Å². The summed E-state index contributed by atoms with van der Waals surface area (Å²) in [6, 6.07) is 7.80. The highest BCUT2D eigenvalue weighted by Crippen LogP contribution is 2.13. The highest BCUT2D eigenvalue weighted by atomic mass is 16.7. The Labute approximate surface area is 88.9 Å². The molecule has 0 saturated heterocycles. The van der Waals surface area contributed by atoms with E-state index >= 15 is 0 Å². The van der Waals surface area contributed by atoms with Crippen LogP contribution in [0, 0.1) is 0 Å². The van der Waals surface area contributed by atoms with Gasteiger partial charge >= 0.3 is 0 Å². The van der Waals surface area contributed by atoms with Crippen molar-refractivity contribution in [1.29, 1.82) is 0 Å². The number of hydrogen-bond acceptors (Lipinski definition) is 4. The minimum atomic E-state index is 0.378. The van der Waals surface area contributed by atoms with Crippen LogP contribution < -0.4 is 10.2 Å². The van der Waals surface area contributed by atoms with Gasteiger partial charge in [0.1, 0.15) is 5.75 Å². The van der Waals surface area contributed by atoms with Crippen molar-refractivity contribution < 1.29 is 9.57 Å². The van der Waals surface area contributed by atoms with Crippen LogP contribution in [-0.2, 0) is 4.84 Å². The van der Waals surface area contributed by atoms with Crippen molar-refractivity contribution in [2.24, 2.45) is 4.99 Å². The third kappa shape index (κ3) is 2.47. The molecular formula is C11H14N2O2. The maximum atomic E-state index is 5.48. The molecule has 80 valence electrons. The quantitative estimate of drug-likeness (QED) is 0.815. The Morgan fingerprint density at radius 1 is 1.40 bits per heavy atom.